The van der Waals surface area contributed by atoms with Crippen molar-refractivity contribution in [2.24, 2.45) is 0 Å². The summed E-state index contributed by atoms with van der Waals surface area (Å²) in [6.45, 7) is -0.901. The first-order chi connectivity index (χ1) is 13.9. The Bertz CT molecular complexity index is 1130. The normalized spacial score (nSPS) is 11.9. The number of hydrogen-bond donors (Lipinski definition) is 1. The minimum atomic E-state index is -2.96. The van der Waals surface area contributed by atoms with E-state index in [-0.39, 0.29) is 0 Å². The molecule has 0 aliphatic carbocycles. The molecule has 0 saturated carbocycles. The maximum absolute atomic E-state index is 14.9. The van der Waals surface area contributed by atoms with Crippen molar-refractivity contribution in [3.63, 3.8) is 0 Å². The molecule has 0 saturated heterocycles. The number of rotatable bonds is 6. The Balaban J connectivity index is 1.66. The van der Waals surface area contributed by atoms with Gasteiger partial charge < -0.3 is 14.6 Å². The number of anilines is 1. The molecule has 3 nitrogen and oxygen atoms in total. The number of benzene rings is 3. The highest BCUT2D eigenvalue weighted by atomic mass is 79.9. The third-order valence-electron chi connectivity index (χ3n) is 4.80. The molecule has 4 rings (SSSR count). The molecule has 0 amide bonds. The summed E-state index contributed by atoms with van der Waals surface area (Å²) in [6, 6.07) is 18.4. The molecular weight excluding hydrogens is 506 g/mol. The highest BCUT2D eigenvalue weighted by molar-refractivity contribution is 9.10. The van der Waals surface area contributed by atoms with Crippen molar-refractivity contribution >= 4 is 59.4 Å². The van der Waals surface area contributed by atoms with E-state index in [1.807, 2.05) is 36.4 Å². The monoisotopic (exact) mass is 522 g/mol. The number of nitrogens with zero attached hydrogens (tertiary/aromatic N) is 1. The Morgan fingerprint density at radius 3 is 2.14 bits per heavy atom. The highest BCUT2D eigenvalue weighted by Crippen LogP contribution is 2.34. The molecule has 29 heavy (non-hydrogen) atoms. The number of hydrogen-bond acceptors (Lipinski definition) is 2. The van der Waals surface area contributed by atoms with Gasteiger partial charge >= 0.3 is 0 Å². The van der Waals surface area contributed by atoms with Gasteiger partial charge in [-0.2, -0.15) is 0 Å². The summed E-state index contributed by atoms with van der Waals surface area (Å²) in [7, 11) is 1.55. The van der Waals surface area contributed by atoms with Crippen LogP contribution in [0.15, 0.2) is 69.6 Å². The third kappa shape index (κ3) is 4.26. The molecule has 0 unspecified atom stereocenters. The van der Waals surface area contributed by atoms with Gasteiger partial charge in [0.15, 0.2) is 0 Å². The number of fused-ring (bicyclic) bond motifs is 3. The van der Waals surface area contributed by atoms with Crippen LogP contribution >= 0.6 is 31.9 Å². The van der Waals surface area contributed by atoms with Crippen LogP contribution in [0.2, 0.25) is 0 Å². The van der Waals surface area contributed by atoms with Crippen molar-refractivity contribution in [2.75, 3.05) is 19.0 Å². The number of alkyl halides is 2. The molecule has 0 aliphatic rings. The summed E-state index contributed by atoms with van der Waals surface area (Å²) in [5.41, 5.74) is 2.16. The summed E-state index contributed by atoms with van der Waals surface area (Å²) < 4.78 is 38.5. The van der Waals surface area contributed by atoms with Crippen molar-refractivity contribution in [3.8, 4) is 5.75 Å². The van der Waals surface area contributed by atoms with Gasteiger partial charge in [-0.3, -0.25) is 0 Å². The van der Waals surface area contributed by atoms with Crippen LogP contribution in [0.1, 0.15) is 0 Å². The van der Waals surface area contributed by atoms with E-state index in [0.29, 0.717) is 11.4 Å². The minimum Gasteiger partial charge on any atom is -0.497 e. The number of nitrogens with one attached hydrogen (secondary N) is 1. The van der Waals surface area contributed by atoms with Crippen molar-refractivity contribution < 1.29 is 13.5 Å². The Morgan fingerprint density at radius 1 is 0.931 bits per heavy atom. The largest absolute Gasteiger partial charge is 0.497 e. The molecule has 0 atom stereocenters. The molecule has 0 bridgehead atoms. The van der Waals surface area contributed by atoms with Crippen LogP contribution in [0.3, 0.4) is 0 Å². The Morgan fingerprint density at radius 2 is 1.55 bits per heavy atom. The van der Waals surface area contributed by atoms with Crippen LogP contribution in [-0.2, 0) is 6.54 Å². The fourth-order valence-corrected chi connectivity index (χ4v) is 4.19. The fraction of sp³-hybridized carbons (Fsp3) is 0.182. The van der Waals surface area contributed by atoms with Crippen LogP contribution in [0, 0.1) is 0 Å². The first kappa shape index (κ1) is 20.2. The quantitative estimate of drug-likeness (QED) is 0.292. The molecule has 1 N–H and O–H groups in total. The molecule has 3 aromatic carbocycles. The number of methoxy groups -OCH3 is 1. The van der Waals surface area contributed by atoms with Gasteiger partial charge in [-0.05, 0) is 48.5 Å². The molecule has 1 aromatic heterocycles. The van der Waals surface area contributed by atoms with E-state index in [2.05, 4.69) is 37.2 Å². The first-order valence-electron chi connectivity index (χ1n) is 8.99. The summed E-state index contributed by atoms with van der Waals surface area (Å²) in [5.74, 6) is -2.33. The van der Waals surface area contributed by atoms with Gasteiger partial charge in [0, 0.05) is 42.5 Å². The second kappa shape index (κ2) is 7.95. The van der Waals surface area contributed by atoms with Crippen molar-refractivity contribution in [1.29, 1.82) is 0 Å². The van der Waals surface area contributed by atoms with Crippen LogP contribution in [0.5, 0.6) is 5.75 Å². The van der Waals surface area contributed by atoms with Gasteiger partial charge in [0.05, 0.1) is 20.2 Å². The summed E-state index contributed by atoms with van der Waals surface area (Å²) >= 11 is 6.96. The van der Waals surface area contributed by atoms with Gasteiger partial charge in [0.1, 0.15) is 5.75 Å². The van der Waals surface area contributed by atoms with E-state index in [9.17, 15) is 8.78 Å². The van der Waals surface area contributed by atoms with Crippen LogP contribution in [0.25, 0.3) is 21.8 Å². The van der Waals surface area contributed by atoms with E-state index in [0.717, 1.165) is 30.8 Å². The fourth-order valence-electron chi connectivity index (χ4n) is 3.47. The first-order valence-corrected chi connectivity index (χ1v) is 10.6. The van der Waals surface area contributed by atoms with Gasteiger partial charge in [0.2, 0.25) is 0 Å². The second-order valence-electron chi connectivity index (χ2n) is 6.85. The summed E-state index contributed by atoms with van der Waals surface area (Å²) in [4.78, 5) is 0. The number of aromatic nitrogens is 1. The molecule has 0 radical (unpaired) electrons. The number of halogens is 4. The summed E-state index contributed by atoms with van der Waals surface area (Å²) in [6.07, 6.45) is 0. The predicted octanol–water partition coefficient (Wildman–Crippen LogP) is 7.08. The topological polar surface area (TPSA) is 26.2 Å². The average Bonchev–Trinajstić information content (AvgIpc) is 2.98. The van der Waals surface area contributed by atoms with Gasteiger partial charge in [-0.15, -0.1) is 0 Å². The van der Waals surface area contributed by atoms with E-state index in [4.69, 9.17) is 4.74 Å². The molecule has 4 aromatic rings. The zero-order valence-electron chi connectivity index (χ0n) is 15.6. The molecule has 150 valence electrons. The standard InChI is InChI=1S/C22H18Br2F2N2O/c1-29-17-4-2-3-16(11-17)27-12-22(25,26)13-28-20-7-5-14(23)9-18(20)19-10-15(24)6-8-21(19)28/h2-11,27H,12-13H2,1H3. The predicted molar refractivity (Wildman–Crippen MR) is 121 cm³/mol. The lowest BCUT2D eigenvalue weighted by molar-refractivity contribution is -0.000158. The van der Waals surface area contributed by atoms with Crippen molar-refractivity contribution in [1.82, 2.24) is 4.57 Å². The SMILES string of the molecule is COc1cccc(NCC(F)(F)Cn2c3ccc(Br)cc3c3cc(Br)ccc32)c1. The lowest BCUT2D eigenvalue weighted by atomic mass is 10.2. The molecule has 0 aliphatic heterocycles. The zero-order valence-corrected chi connectivity index (χ0v) is 18.7. The van der Waals surface area contributed by atoms with Crippen LogP contribution in [-0.4, -0.2) is 24.1 Å². The Hall–Kier alpha value is -2.12. The molecule has 0 fully saturated rings. The second-order valence-corrected chi connectivity index (χ2v) is 8.68. The van der Waals surface area contributed by atoms with Gasteiger partial charge in [-0.1, -0.05) is 37.9 Å². The average molecular weight is 524 g/mol. The Kier molecular flexibility index (Phi) is 5.53. The van der Waals surface area contributed by atoms with Crippen LogP contribution < -0.4 is 10.1 Å². The molecular formula is C22H18Br2F2N2O. The van der Waals surface area contributed by atoms with Gasteiger partial charge in [-0.25, -0.2) is 8.78 Å². The van der Waals surface area contributed by atoms with Crippen molar-refractivity contribution in [2.45, 2.75) is 12.5 Å². The maximum Gasteiger partial charge on any atom is 0.282 e. The highest BCUT2D eigenvalue weighted by Gasteiger charge is 2.31. The van der Waals surface area contributed by atoms with E-state index in [1.54, 1.807) is 35.9 Å². The minimum absolute atomic E-state index is 0.423. The Labute approximate surface area is 183 Å². The number of ether oxygens (including phenoxy) is 1. The lowest BCUT2D eigenvalue weighted by Gasteiger charge is -2.20. The maximum atomic E-state index is 14.9. The van der Waals surface area contributed by atoms with Gasteiger partial charge in [0.25, 0.3) is 5.92 Å². The smallest absolute Gasteiger partial charge is 0.282 e. The molecule has 7 heteroatoms. The third-order valence-corrected chi connectivity index (χ3v) is 5.79. The zero-order chi connectivity index (χ0) is 20.6. The lowest BCUT2D eigenvalue weighted by Crippen LogP contribution is -2.32. The van der Waals surface area contributed by atoms with E-state index < -0.39 is 19.0 Å². The van der Waals surface area contributed by atoms with E-state index in [1.165, 1.54) is 0 Å². The van der Waals surface area contributed by atoms with E-state index >= 15 is 0 Å². The molecule has 0 spiro atoms. The van der Waals surface area contributed by atoms with Crippen LogP contribution in [0.4, 0.5) is 14.5 Å². The van der Waals surface area contributed by atoms with Crippen molar-refractivity contribution in [3.05, 3.63) is 69.6 Å². The summed E-state index contributed by atoms with van der Waals surface area (Å²) in [5, 5.41) is 4.70. The molecule has 1 heterocycles.